The second-order valence-electron chi connectivity index (χ2n) is 5.54. The molecule has 1 aliphatic heterocycles. The Bertz CT molecular complexity index is 1070. The van der Waals surface area contributed by atoms with E-state index in [0.717, 1.165) is 24.3 Å². The number of nitro benzene ring substituents is 1. The Morgan fingerprint density at radius 1 is 1.21 bits per heavy atom. The van der Waals surface area contributed by atoms with Crippen molar-refractivity contribution < 1.29 is 37.5 Å². The van der Waals surface area contributed by atoms with Gasteiger partial charge in [0, 0.05) is 24.3 Å². The molecule has 0 saturated heterocycles. The van der Waals surface area contributed by atoms with Gasteiger partial charge < -0.3 is 19.3 Å². The maximum absolute atomic E-state index is 12.8. The van der Waals surface area contributed by atoms with E-state index in [-0.39, 0.29) is 41.7 Å². The molecule has 1 aliphatic rings. The molecule has 0 atom stereocenters. The third-order valence-corrected chi connectivity index (χ3v) is 5.19. The number of hydrogen-bond acceptors (Lipinski definition) is 8. The summed E-state index contributed by atoms with van der Waals surface area (Å²) in [4.78, 5) is 21.3. The van der Waals surface area contributed by atoms with Crippen LogP contribution in [0.25, 0.3) is 0 Å². The average Bonchev–Trinajstić information content (AvgIpc) is 2.66. The number of nitrogens with one attached hydrogen (secondary N) is 1. The zero-order valence-electron chi connectivity index (χ0n) is 14.4. The van der Waals surface area contributed by atoms with E-state index in [1.807, 2.05) is 0 Å². The molecule has 0 saturated carbocycles. The second-order valence-corrected chi connectivity index (χ2v) is 7.20. The number of anilines is 1. The predicted molar refractivity (Wildman–Crippen MR) is 94.8 cm³/mol. The summed E-state index contributed by atoms with van der Waals surface area (Å²) in [6.07, 6.45) is 0. The van der Waals surface area contributed by atoms with E-state index in [9.17, 15) is 28.4 Å². The smallest absolute Gasteiger partial charge is 0.337 e. The molecule has 0 amide bonds. The van der Waals surface area contributed by atoms with Gasteiger partial charge in [-0.25, -0.2) is 13.2 Å². The number of carboxylic acid groups (broad SMARTS) is 1. The summed E-state index contributed by atoms with van der Waals surface area (Å²) >= 11 is 0. The van der Waals surface area contributed by atoms with Crippen molar-refractivity contribution in [3.8, 4) is 17.2 Å². The maximum atomic E-state index is 12.8. The van der Waals surface area contributed by atoms with Crippen LogP contribution in [0, 0.1) is 10.1 Å². The molecular weight excluding hydrogens is 396 g/mol. The van der Waals surface area contributed by atoms with Gasteiger partial charge in [-0.1, -0.05) is 0 Å². The van der Waals surface area contributed by atoms with E-state index in [1.165, 1.54) is 13.2 Å². The largest absolute Gasteiger partial charge is 0.495 e. The maximum Gasteiger partial charge on any atom is 0.337 e. The number of ether oxygens (including phenoxy) is 3. The lowest BCUT2D eigenvalue weighted by atomic mass is 10.1. The summed E-state index contributed by atoms with van der Waals surface area (Å²) in [7, 11) is -3.23. The van der Waals surface area contributed by atoms with Crippen LogP contribution in [0.5, 0.6) is 17.2 Å². The van der Waals surface area contributed by atoms with E-state index in [4.69, 9.17) is 14.2 Å². The summed E-state index contributed by atoms with van der Waals surface area (Å²) in [6.45, 7) is 0.437. The molecular formula is C16H14N2O9S. The molecule has 3 rings (SSSR count). The first-order valence-electron chi connectivity index (χ1n) is 7.75. The number of carbonyl (C=O) groups is 1. The van der Waals surface area contributed by atoms with Crippen molar-refractivity contribution in [1.82, 2.24) is 0 Å². The van der Waals surface area contributed by atoms with Crippen LogP contribution < -0.4 is 18.9 Å². The number of nitrogens with zero attached hydrogens (tertiary/aromatic N) is 1. The molecule has 28 heavy (non-hydrogen) atoms. The highest BCUT2D eigenvalue weighted by Crippen LogP contribution is 2.37. The molecule has 2 aromatic carbocycles. The topological polar surface area (TPSA) is 154 Å². The Labute approximate surface area is 158 Å². The van der Waals surface area contributed by atoms with Gasteiger partial charge in [-0.2, -0.15) is 0 Å². The number of fused-ring (bicyclic) bond motifs is 1. The van der Waals surface area contributed by atoms with Crippen molar-refractivity contribution >= 4 is 27.4 Å². The second kappa shape index (κ2) is 7.23. The van der Waals surface area contributed by atoms with E-state index in [0.29, 0.717) is 0 Å². The van der Waals surface area contributed by atoms with E-state index in [1.54, 1.807) is 0 Å². The first-order valence-corrected chi connectivity index (χ1v) is 9.23. The van der Waals surface area contributed by atoms with Gasteiger partial charge in [0.25, 0.3) is 15.7 Å². The van der Waals surface area contributed by atoms with Crippen molar-refractivity contribution in [2.45, 2.75) is 4.90 Å². The molecule has 2 N–H and O–H groups in total. The van der Waals surface area contributed by atoms with Gasteiger partial charge in [0.2, 0.25) is 0 Å². The molecule has 1 heterocycles. The fourth-order valence-electron chi connectivity index (χ4n) is 2.54. The molecule has 0 aliphatic carbocycles. The number of nitro groups is 1. The van der Waals surface area contributed by atoms with Crippen LogP contribution in [0.2, 0.25) is 0 Å². The summed E-state index contributed by atoms with van der Waals surface area (Å²) in [5.74, 6) is -1.22. The van der Waals surface area contributed by atoms with Gasteiger partial charge in [0.05, 0.1) is 23.3 Å². The molecule has 0 fully saturated rings. The third-order valence-electron chi connectivity index (χ3n) is 3.80. The molecule has 12 heteroatoms. The van der Waals surface area contributed by atoms with Crippen molar-refractivity contribution in [2.75, 3.05) is 25.0 Å². The Kier molecular flexibility index (Phi) is 4.96. The number of methoxy groups -OCH3 is 1. The normalized spacial score (nSPS) is 12.9. The summed E-state index contributed by atoms with van der Waals surface area (Å²) in [5.41, 5.74) is -1.13. The third kappa shape index (κ3) is 3.62. The number of hydrogen-bond donors (Lipinski definition) is 2. The lowest BCUT2D eigenvalue weighted by Gasteiger charge is -2.21. The van der Waals surface area contributed by atoms with Gasteiger partial charge in [-0.05, 0) is 6.07 Å². The molecule has 0 radical (unpaired) electrons. The summed E-state index contributed by atoms with van der Waals surface area (Å²) < 4.78 is 43.4. The highest BCUT2D eigenvalue weighted by molar-refractivity contribution is 7.92. The van der Waals surface area contributed by atoms with Crippen LogP contribution in [-0.2, 0) is 10.0 Å². The minimum Gasteiger partial charge on any atom is -0.495 e. The lowest BCUT2D eigenvalue weighted by molar-refractivity contribution is -0.385. The number of aromatic carboxylic acids is 1. The number of benzene rings is 2. The number of carboxylic acids is 1. The Hall–Kier alpha value is -3.54. The van der Waals surface area contributed by atoms with Crippen LogP contribution in [0.4, 0.5) is 11.4 Å². The molecule has 0 spiro atoms. The number of non-ortho nitro benzene ring substituents is 1. The quantitative estimate of drug-likeness (QED) is 0.536. The van der Waals surface area contributed by atoms with Crippen LogP contribution >= 0.6 is 0 Å². The van der Waals surface area contributed by atoms with E-state index < -0.39 is 31.5 Å². The summed E-state index contributed by atoms with van der Waals surface area (Å²) in [5, 5.41) is 20.4. The first-order chi connectivity index (χ1) is 13.2. The van der Waals surface area contributed by atoms with Gasteiger partial charge in [0.1, 0.15) is 23.9 Å². The SMILES string of the molecule is COc1ccc([N+](=O)[O-])cc1S(=O)(=O)Nc1cc2c(cc1C(=O)O)OCCO2. The lowest BCUT2D eigenvalue weighted by Crippen LogP contribution is -2.19. The van der Waals surface area contributed by atoms with Crippen molar-refractivity contribution in [2.24, 2.45) is 0 Å². The van der Waals surface area contributed by atoms with Gasteiger partial charge in [-0.15, -0.1) is 0 Å². The average molecular weight is 410 g/mol. The van der Waals surface area contributed by atoms with E-state index >= 15 is 0 Å². The predicted octanol–water partition coefficient (Wildman–Crippen LogP) is 1.87. The van der Waals surface area contributed by atoms with Crippen molar-refractivity contribution in [3.63, 3.8) is 0 Å². The molecule has 0 unspecified atom stereocenters. The standard InChI is InChI=1S/C16H14N2O9S/c1-25-12-3-2-9(18(21)22)6-15(12)28(23,24)17-11-8-14-13(26-4-5-27-14)7-10(11)16(19)20/h2-3,6-8,17H,4-5H2,1H3,(H,19,20). The zero-order chi connectivity index (χ0) is 20.5. The Balaban J connectivity index is 2.09. The van der Waals surface area contributed by atoms with Gasteiger partial charge in [-0.3, -0.25) is 14.8 Å². The molecule has 0 aromatic heterocycles. The molecule has 0 bridgehead atoms. The van der Waals surface area contributed by atoms with Crippen LogP contribution in [0.3, 0.4) is 0 Å². The number of sulfonamides is 1. The Morgan fingerprint density at radius 3 is 2.43 bits per heavy atom. The minimum atomic E-state index is -4.43. The van der Waals surface area contributed by atoms with E-state index in [2.05, 4.69) is 4.72 Å². The highest BCUT2D eigenvalue weighted by Gasteiger charge is 2.27. The minimum absolute atomic E-state index is 0.146. The molecule has 2 aromatic rings. The fourth-order valence-corrected chi connectivity index (χ4v) is 3.80. The number of rotatable bonds is 6. The zero-order valence-corrected chi connectivity index (χ0v) is 15.2. The Morgan fingerprint density at radius 2 is 1.86 bits per heavy atom. The first kappa shape index (κ1) is 19.2. The van der Waals surface area contributed by atoms with Crippen LogP contribution in [0.15, 0.2) is 35.2 Å². The van der Waals surface area contributed by atoms with Crippen LogP contribution in [0.1, 0.15) is 10.4 Å². The van der Waals surface area contributed by atoms with Gasteiger partial charge in [0.15, 0.2) is 11.5 Å². The highest BCUT2D eigenvalue weighted by atomic mass is 32.2. The molecule has 11 nitrogen and oxygen atoms in total. The monoisotopic (exact) mass is 410 g/mol. The molecule has 148 valence electrons. The van der Waals surface area contributed by atoms with Crippen molar-refractivity contribution in [1.29, 1.82) is 0 Å². The summed E-state index contributed by atoms with van der Waals surface area (Å²) in [6, 6.07) is 5.36. The fraction of sp³-hybridized carbons (Fsp3) is 0.188. The van der Waals surface area contributed by atoms with Crippen LogP contribution in [-0.4, -0.2) is 44.7 Å². The van der Waals surface area contributed by atoms with Gasteiger partial charge >= 0.3 is 5.97 Å². The van der Waals surface area contributed by atoms with Crippen molar-refractivity contribution in [3.05, 3.63) is 46.0 Å².